The van der Waals surface area contributed by atoms with E-state index in [1.54, 1.807) is 12.1 Å². The maximum Gasteiger partial charge on any atom is 0.162 e. The minimum Gasteiger partial charge on any atom is -0.294 e. The molecule has 0 saturated heterocycles. The molecule has 0 unspecified atom stereocenters. The average Bonchev–Trinajstić information content (AvgIpc) is 2.33. The zero-order valence-corrected chi connectivity index (χ0v) is 9.61. The van der Waals surface area contributed by atoms with Crippen molar-refractivity contribution in [3.05, 3.63) is 71.0 Å². The molecule has 2 heteroatoms. The highest BCUT2D eigenvalue weighted by Gasteiger charge is 2.11. The van der Waals surface area contributed by atoms with E-state index in [4.69, 9.17) is 0 Å². The first-order chi connectivity index (χ1) is 8.18. The molecule has 2 rings (SSSR count). The molecule has 0 aliphatic rings. The van der Waals surface area contributed by atoms with Crippen LogP contribution in [0, 0.1) is 5.82 Å². The number of halogens is 1. The molecule has 0 aromatic heterocycles. The zero-order chi connectivity index (χ0) is 12.3. The van der Waals surface area contributed by atoms with E-state index in [1.165, 1.54) is 13.0 Å². The van der Waals surface area contributed by atoms with Crippen LogP contribution in [-0.4, -0.2) is 5.78 Å². The maximum atomic E-state index is 14.0. The highest BCUT2D eigenvalue weighted by Crippen LogP contribution is 2.17. The minimum absolute atomic E-state index is 0.165. The first kappa shape index (κ1) is 11.5. The van der Waals surface area contributed by atoms with Gasteiger partial charge in [-0.3, -0.25) is 4.79 Å². The van der Waals surface area contributed by atoms with Gasteiger partial charge in [0.1, 0.15) is 5.82 Å². The van der Waals surface area contributed by atoms with Gasteiger partial charge >= 0.3 is 0 Å². The zero-order valence-electron chi connectivity index (χ0n) is 9.61. The van der Waals surface area contributed by atoms with Gasteiger partial charge in [0.25, 0.3) is 0 Å². The summed E-state index contributed by atoms with van der Waals surface area (Å²) in [5.74, 6) is -0.638. The lowest BCUT2D eigenvalue weighted by atomic mass is 10.0. The molecule has 0 aliphatic carbocycles. The van der Waals surface area contributed by atoms with Crippen molar-refractivity contribution < 1.29 is 9.18 Å². The molecule has 1 nitrogen and oxygen atoms in total. The molecule has 0 N–H and O–H groups in total. The Hall–Kier alpha value is -1.96. The Morgan fingerprint density at radius 1 is 1.06 bits per heavy atom. The maximum absolute atomic E-state index is 14.0. The Kier molecular flexibility index (Phi) is 3.33. The second-order valence-electron chi connectivity index (χ2n) is 4.00. The van der Waals surface area contributed by atoms with E-state index in [2.05, 4.69) is 0 Å². The fourth-order valence-electron chi connectivity index (χ4n) is 1.80. The average molecular weight is 228 g/mol. The molecule has 86 valence electrons. The molecule has 0 amide bonds. The van der Waals surface area contributed by atoms with Crippen molar-refractivity contribution in [3.63, 3.8) is 0 Å². The largest absolute Gasteiger partial charge is 0.294 e. The number of rotatable bonds is 3. The van der Waals surface area contributed by atoms with Crippen LogP contribution in [0.15, 0.2) is 48.5 Å². The number of benzene rings is 2. The fourth-order valence-corrected chi connectivity index (χ4v) is 1.80. The van der Waals surface area contributed by atoms with Crippen molar-refractivity contribution in [2.45, 2.75) is 13.3 Å². The van der Waals surface area contributed by atoms with E-state index >= 15 is 0 Å². The van der Waals surface area contributed by atoms with Crippen molar-refractivity contribution in [3.8, 4) is 0 Å². The first-order valence-corrected chi connectivity index (χ1v) is 5.50. The van der Waals surface area contributed by atoms with Gasteiger partial charge in [0.15, 0.2) is 5.78 Å². The Morgan fingerprint density at radius 2 is 1.76 bits per heavy atom. The lowest BCUT2D eigenvalue weighted by Crippen LogP contribution is -2.01. The third kappa shape index (κ3) is 2.59. The van der Waals surface area contributed by atoms with E-state index < -0.39 is 5.82 Å². The van der Waals surface area contributed by atoms with Crippen molar-refractivity contribution in [1.29, 1.82) is 0 Å². The lowest BCUT2D eigenvalue weighted by molar-refractivity contribution is 0.101. The normalized spacial score (nSPS) is 10.2. The van der Waals surface area contributed by atoms with E-state index in [1.807, 2.05) is 30.3 Å². The van der Waals surface area contributed by atoms with Crippen LogP contribution >= 0.6 is 0 Å². The Morgan fingerprint density at radius 3 is 2.41 bits per heavy atom. The Balaban J connectivity index is 2.34. The summed E-state index contributed by atoms with van der Waals surface area (Å²) in [6.45, 7) is 1.38. The summed E-state index contributed by atoms with van der Waals surface area (Å²) in [7, 11) is 0. The monoisotopic (exact) mass is 228 g/mol. The number of carbonyl (C=O) groups is 1. The van der Waals surface area contributed by atoms with Gasteiger partial charge in [-0.05, 0) is 24.1 Å². The van der Waals surface area contributed by atoms with Crippen LogP contribution < -0.4 is 0 Å². The third-order valence-electron chi connectivity index (χ3n) is 2.70. The number of carbonyl (C=O) groups excluding carboxylic acids is 1. The molecule has 17 heavy (non-hydrogen) atoms. The number of hydrogen-bond donors (Lipinski definition) is 0. The van der Waals surface area contributed by atoms with Crippen LogP contribution in [0.5, 0.6) is 0 Å². The third-order valence-corrected chi connectivity index (χ3v) is 2.70. The van der Waals surface area contributed by atoms with Crippen molar-refractivity contribution in [2.75, 3.05) is 0 Å². The van der Waals surface area contributed by atoms with Gasteiger partial charge in [-0.25, -0.2) is 4.39 Å². The van der Waals surface area contributed by atoms with Gasteiger partial charge in [-0.1, -0.05) is 42.5 Å². The molecule has 0 fully saturated rings. The van der Waals surface area contributed by atoms with Crippen LogP contribution in [0.3, 0.4) is 0 Å². The molecule has 2 aromatic rings. The quantitative estimate of drug-likeness (QED) is 0.733. The van der Waals surface area contributed by atoms with E-state index in [-0.39, 0.29) is 11.3 Å². The second kappa shape index (κ2) is 4.91. The summed E-state index contributed by atoms with van der Waals surface area (Å²) in [5.41, 5.74) is 1.76. The predicted molar refractivity (Wildman–Crippen MR) is 65.7 cm³/mol. The van der Waals surface area contributed by atoms with Crippen LogP contribution in [0.25, 0.3) is 0 Å². The molecule has 0 spiro atoms. The molecular formula is C15H13FO. The van der Waals surface area contributed by atoms with Crippen LogP contribution in [0.4, 0.5) is 4.39 Å². The highest BCUT2D eigenvalue weighted by molar-refractivity contribution is 5.94. The van der Waals surface area contributed by atoms with Crippen LogP contribution in [0.1, 0.15) is 28.4 Å². The summed E-state index contributed by atoms with van der Waals surface area (Å²) < 4.78 is 14.0. The lowest BCUT2D eigenvalue weighted by Gasteiger charge is -2.06. The Bertz CT molecular complexity index is 532. The molecular weight excluding hydrogens is 215 g/mol. The topological polar surface area (TPSA) is 17.1 Å². The van der Waals surface area contributed by atoms with E-state index in [0.717, 1.165) is 5.56 Å². The van der Waals surface area contributed by atoms with Gasteiger partial charge in [-0.15, -0.1) is 0 Å². The van der Waals surface area contributed by atoms with Gasteiger partial charge in [0, 0.05) is 6.42 Å². The van der Waals surface area contributed by atoms with Crippen molar-refractivity contribution in [2.24, 2.45) is 0 Å². The molecule has 0 atom stereocenters. The second-order valence-corrected chi connectivity index (χ2v) is 4.00. The minimum atomic E-state index is -0.399. The summed E-state index contributed by atoms with van der Waals surface area (Å²) in [4.78, 5) is 11.2. The molecule has 0 heterocycles. The van der Waals surface area contributed by atoms with Crippen molar-refractivity contribution >= 4 is 5.78 Å². The highest BCUT2D eigenvalue weighted by atomic mass is 19.1. The van der Waals surface area contributed by atoms with E-state index in [0.29, 0.717) is 12.0 Å². The summed E-state index contributed by atoms with van der Waals surface area (Å²) >= 11 is 0. The summed E-state index contributed by atoms with van der Waals surface area (Å²) in [6, 6.07) is 14.6. The smallest absolute Gasteiger partial charge is 0.162 e. The van der Waals surface area contributed by atoms with Gasteiger partial charge < -0.3 is 0 Å². The predicted octanol–water partition coefficient (Wildman–Crippen LogP) is 3.62. The van der Waals surface area contributed by atoms with Crippen molar-refractivity contribution in [1.82, 2.24) is 0 Å². The van der Waals surface area contributed by atoms with Crippen LogP contribution in [-0.2, 0) is 6.42 Å². The fraction of sp³-hybridized carbons (Fsp3) is 0.133. The molecule has 0 aliphatic heterocycles. The standard InChI is InChI=1S/C15H13FO/c1-11(17)14-9-5-8-13(15(14)16)10-12-6-3-2-4-7-12/h2-9H,10H2,1H3. The van der Waals surface area contributed by atoms with Crippen LogP contribution in [0.2, 0.25) is 0 Å². The number of Topliss-reactive ketones (excluding diaryl/α,β-unsaturated/α-hetero) is 1. The van der Waals surface area contributed by atoms with Gasteiger partial charge in [0.2, 0.25) is 0 Å². The molecule has 0 saturated carbocycles. The first-order valence-electron chi connectivity index (χ1n) is 5.50. The molecule has 0 radical (unpaired) electrons. The number of hydrogen-bond acceptors (Lipinski definition) is 1. The number of ketones is 1. The Labute approximate surface area is 99.9 Å². The van der Waals surface area contributed by atoms with Gasteiger partial charge in [-0.2, -0.15) is 0 Å². The van der Waals surface area contributed by atoms with E-state index in [9.17, 15) is 9.18 Å². The SMILES string of the molecule is CC(=O)c1cccc(Cc2ccccc2)c1F. The van der Waals surface area contributed by atoms with Gasteiger partial charge in [0.05, 0.1) is 5.56 Å². The summed E-state index contributed by atoms with van der Waals surface area (Å²) in [6.07, 6.45) is 0.508. The molecule has 2 aromatic carbocycles. The summed E-state index contributed by atoms with van der Waals surface area (Å²) in [5, 5.41) is 0. The molecule has 0 bridgehead atoms.